The highest BCUT2D eigenvalue weighted by atomic mass is 16.1. The first kappa shape index (κ1) is 12.8. The molecular weight excluding hydrogens is 198 g/mol. The molecule has 0 heterocycles. The number of hydrogen-bond acceptors (Lipinski definition) is 1. The lowest BCUT2D eigenvalue weighted by Crippen LogP contribution is -2.30. The molecule has 0 bridgehead atoms. The number of carbonyl (C=O) groups is 1. The van der Waals surface area contributed by atoms with Crippen LogP contribution in [0, 0.1) is 5.92 Å². The largest absolute Gasteiger partial charge is 0.349 e. The first-order chi connectivity index (χ1) is 7.54. The van der Waals surface area contributed by atoms with Gasteiger partial charge in [-0.05, 0) is 24.5 Å². The van der Waals surface area contributed by atoms with Gasteiger partial charge in [0, 0.05) is 5.92 Å². The van der Waals surface area contributed by atoms with E-state index in [-0.39, 0.29) is 17.9 Å². The van der Waals surface area contributed by atoms with Gasteiger partial charge in [0.25, 0.3) is 0 Å². The number of rotatable bonds is 4. The van der Waals surface area contributed by atoms with E-state index in [0.717, 1.165) is 12.0 Å². The summed E-state index contributed by atoms with van der Waals surface area (Å²) in [7, 11) is 0. The molecule has 0 saturated carbocycles. The molecule has 16 heavy (non-hydrogen) atoms. The summed E-state index contributed by atoms with van der Waals surface area (Å²) in [5, 5.41) is 2.99. The third-order valence-electron chi connectivity index (χ3n) is 2.77. The van der Waals surface area contributed by atoms with Crippen molar-refractivity contribution in [3.63, 3.8) is 0 Å². The van der Waals surface area contributed by atoms with E-state index in [2.05, 4.69) is 36.5 Å². The molecule has 1 rings (SSSR count). The zero-order valence-corrected chi connectivity index (χ0v) is 10.6. The lowest BCUT2D eigenvalue weighted by Gasteiger charge is -2.16. The molecule has 1 unspecified atom stereocenters. The van der Waals surface area contributed by atoms with Gasteiger partial charge in [-0.2, -0.15) is 0 Å². The van der Waals surface area contributed by atoms with Gasteiger partial charge in [-0.3, -0.25) is 4.79 Å². The van der Waals surface area contributed by atoms with E-state index in [1.54, 1.807) is 0 Å². The molecule has 1 aromatic carbocycles. The van der Waals surface area contributed by atoms with Crippen LogP contribution in [-0.4, -0.2) is 5.91 Å². The Morgan fingerprint density at radius 1 is 1.19 bits per heavy atom. The fraction of sp³-hybridized carbons (Fsp3) is 0.500. The van der Waals surface area contributed by atoms with Gasteiger partial charge in [-0.15, -0.1) is 0 Å². The second-order valence-corrected chi connectivity index (χ2v) is 4.48. The van der Waals surface area contributed by atoms with Crippen molar-refractivity contribution >= 4 is 5.91 Å². The predicted molar refractivity (Wildman–Crippen MR) is 67.2 cm³/mol. The molecule has 0 aromatic heterocycles. The molecule has 0 radical (unpaired) electrons. The van der Waals surface area contributed by atoms with Crippen LogP contribution in [0.25, 0.3) is 0 Å². The van der Waals surface area contributed by atoms with Crippen molar-refractivity contribution in [2.24, 2.45) is 5.92 Å². The molecule has 1 atom stereocenters. The molecule has 0 aliphatic heterocycles. The minimum Gasteiger partial charge on any atom is -0.349 e. The van der Waals surface area contributed by atoms with E-state index >= 15 is 0 Å². The molecule has 88 valence electrons. The Labute approximate surface area is 98.1 Å². The zero-order valence-electron chi connectivity index (χ0n) is 10.6. The Kier molecular flexibility index (Phi) is 4.53. The first-order valence-electron chi connectivity index (χ1n) is 5.93. The fourth-order valence-corrected chi connectivity index (χ4v) is 1.51. The average molecular weight is 219 g/mol. The monoisotopic (exact) mass is 219 g/mol. The van der Waals surface area contributed by atoms with Crippen molar-refractivity contribution in [2.75, 3.05) is 0 Å². The molecule has 0 aliphatic carbocycles. The lowest BCUT2D eigenvalue weighted by atomic mass is 10.0. The van der Waals surface area contributed by atoms with Gasteiger partial charge in [0.05, 0.1) is 6.04 Å². The van der Waals surface area contributed by atoms with Crippen LogP contribution < -0.4 is 5.32 Å². The maximum absolute atomic E-state index is 11.5. The minimum absolute atomic E-state index is 0.0392. The molecule has 0 saturated heterocycles. The Morgan fingerprint density at radius 3 is 2.19 bits per heavy atom. The molecule has 1 N–H and O–H groups in total. The highest BCUT2D eigenvalue weighted by Gasteiger charge is 2.11. The molecule has 0 aliphatic rings. The molecule has 0 fully saturated rings. The third-order valence-corrected chi connectivity index (χ3v) is 2.77. The van der Waals surface area contributed by atoms with Crippen LogP contribution in [-0.2, 0) is 11.2 Å². The van der Waals surface area contributed by atoms with Gasteiger partial charge in [-0.1, -0.05) is 45.0 Å². The Hall–Kier alpha value is -1.31. The highest BCUT2D eigenvalue weighted by molar-refractivity contribution is 5.78. The summed E-state index contributed by atoms with van der Waals surface area (Å²) in [6.07, 6.45) is 1.05. The average Bonchev–Trinajstić information content (AvgIpc) is 2.28. The molecule has 0 spiro atoms. The van der Waals surface area contributed by atoms with Crippen molar-refractivity contribution in [2.45, 2.75) is 40.2 Å². The SMILES string of the molecule is CCc1ccc(C(C)NC(=O)C(C)C)cc1. The summed E-state index contributed by atoms with van der Waals surface area (Å²) in [4.78, 5) is 11.5. The van der Waals surface area contributed by atoms with Gasteiger partial charge in [0.1, 0.15) is 0 Å². The quantitative estimate of drug-likeness (QED) is 0.828. The highest BCUT2D eigenvalue weighted by Crippen LogP contribution is 2.14. The number of aryl methyl sites for hydroxylation is 1. The standard InChI is InChI=1S/C14H21NO/c1-5-12-6-8-13(9-7-12)11(4)15-14(16)10(2)3/h6-11H,5H2,1-4H3,(H,15,16). The van der Waals surface area contributed by atoms with Crippen LogP contribution in [0.5, 0.6) is 0 Å². The van der Waals surface area contributed by atoms with Crippen molar-refractivity contribution in [3.05, 3.63) is 35.4 Å². The van der Waals surface area contributed by atoms with Gasteiger partial charge in [0.2, 0.25) is 5.91 Å². The second kappa shape index (κ2) is 5.69. The lowest BCUT2D eigenvalue weighted by molar-refractivity contribution is -0.124. The molecule has 1 aromatic rings. The number of nitrogens with one attached hydrogen (secondary N) is 1. The van der Waals surface area contributed by atoms with Crippen LogP contribution >= 0.6 is 0 Å². The molecular formula is C14H21NO. The second-order valence-electron chi connectivity index (χ2n) is 4.48. The van der Waals surface area contributed by atoms with Gasteiger partial charge < -0.3 is 5.32 Å². The summed E-state index contributed by atoms with van der Waals surface area (Å²) in [5.41, 5.74) is 2.48. The van der Waals surface area contributed by atoms with Crippen molar-refractivity contribution in [1.82, 2.24) is 5.32 Å². The van der Waals surface area contributed by atoms with Crippen LogP contribution in [0.3, 0.4) is 0 Å². The minimum atomic E-state index is 0.0392. The number of hydrogen-bond donors (Lipinski definition) is 1. The summed E-state index contributed by atoms with van der Waals surface area (Å²) in [6, 6.07) is 8.50. The van der Waals surface area contributed by atoms with E-state index in [0.29, 0.717) is 0 Å². The predicted octanol–water partition coefficient (Wildman–Crippen LogP) is 3.08. The maximum atomic E-state index is 11.5. The van der Waals surface area contributed by atoms with Crippen LogP contribution in [0.15, 0.2) is 24.3 Å². The van der Waals surface area contributed by atoms with E-state index in [1.165, 1.54) is 5.56 Å². The summed E-state index contributed by atoms with van der Waals surface area (Å²) in [5.74, 6) is 0.143. The van der Waals surface area contributed by atoms with Gasteiger partial charge in [0.15, 0.2) is 0 Å². The first-order valence-corrected chi connectivity index (χ1v) is 5.93. The summed E-state index contributed by atoms with van der Waals surface area (Å²) >= 11 is 0. The van der Waals surface area contributed by atoms with Crippen molar-refractivity contribution in [1.29, 1.82) is 0 Å². The molecule has 2 heteroatoms. The van der Waals surface area contributed by atoms with Crippen LogP contribution in [0.2, 0.25) is 0 Å². The van der Waals surface area contributed by atoms with E-state index in [1.807, 2.05) is 20.8 Å². The number of carbonyl (C=O) groups excluding carboxylic acids is 1. The number of amides is 1. The Morgan fingerprint density at radius 2 is 1.75 bits per heavy atom. The summed E-state index contributed by atoms with van der Waals surface area (Å²) in [6.45, 7) is 7.96. The van der Waals surface area contributed by atoms with E-state index < -0.39 is 0 Å². The topological polar surface area (TPSA) is 29.1 Å². The van der Waals surface area contributed by atoms with Crippen LogP contribution in [0.4, 0.5) is 0 Å². The smallest absolute Gasteiger partial charge is 0.223 e. The van der Waals surface area contributed by atoms with E-state index in [9.17, 15) is 4.79 Å². The van der Waals surface area contributed by atoms with Crippen molar-refractivity contribution in [3.8, 4) is 0 Å². The number of benzene rings is 1. The maximum Gasteiger partial charge on any atom is 0.223 e. The molecule has 2 nitrogen and oxygen atoms in total. The van der Waals surface area contributed by atoms with Crippen molar-refractivity contribution < 1.29 is 4.79 Å². The fourth-order valence-electron chi connectivity index (χ4n) is 1.51. The summed E-state index contributed by atoms with van der Waals surface area (Å²) < 4.78 is 0. The van der Waals surface area contributed by atoms with Gasteiger partial charge >= 0.3 is 0 Å². The van der Waals surface area contributed by atoms with Crippen LogP contribution in [0.1, 0.15) is 44.9 Å². The Balaban J connectivity index is 2.65. The van der Waals surface area contributed by atoms with E-state index in [4.69, 9.17) is 0 Å². The zero-order chi connectivity index (χ0) is 12.1. The van der Waals surface area contributed by atoms with Gasteiger partial charge in [-0.25, -0.2) is 0 Å². The third kappa shape index (κ3) is 3.37. The normalized spacial score (nSPS) is 12.6. The molecule has 1 amide bonds. The Bertz CT molecular complexity index is 340.